The van der Waals surface area contributed by atoms with Gasteiger partial charge in [0, 0.05) is 33.3 Å². The minimum atomic E-state index is -3.62. The monoisotopic (exact) mass is 482 g/mol. The molecule has 5 nitrogen and oxygen atoms in total. The van der Waals surface area contributed by atoms with Gasteiger partial charge in [0.2, 0.25) is 10.0 Å². The fourth-order valence-electron chi connectivity index (χ4n) is 3.52. The lowest BCUT2D eigenvalue weighted by Gasteiger charge is -2.10. The van der Waals surface area contributed by atoms with E-state index >= 15 is 0 Å². The molecule has 1 N–H and O–H groups in total. The van der Waals surface area contributed by atoms with Crippen LogP contribution < -0.4 is 4.72 Å². The minimum Gasteiger partial charge on any atom is -0.289 e. The summed E-state index contributed by atoms with van der Waals surface area (Å²) in [6, 6.07) is 17.8. The third-order valence-electron chi connectivity index (χ3n) is 5.03. The van der Waals surface area contributed by atoms with Crippen LogP contribution in [0.4, 0.5) is 10.1 Å². The number of ketones is 1. The summed E-state index contributed by atoms with van der Waals surface area (Å²) in [5, 5.41) is 1.38. The quantitative estimate of drug-likeness (QED) is 0.324. The second-order valence-corrected chi connectivity index (χ2v) is 9.90. The van der Waals surface area contributed by atoms with Crippen LogP contribution in [0.25, 0.3) is 22.0 Å². The fourth-order valence-corrected chi connectivity index (χ4v) is 4.76. The number of carbonyl (C=O) groups excluding carboxylic acids is 1. The molecule has 0 radical (unpaired) electrons. The Kier molecular flexibility index (Phi) is 6.44. The van der Waals surface area contributed by atoms with Crippen LogP contribution in [0.5, 0.6) is 0 Å². The Morgan fingerprint density at radius 3 is 2.45 bits per heavy atom. The lowest BCUT2D eigenvalue weighted by atomic mass is 9.99. The predicted octanol–water partition coefficient (Wildman–Crippen LogP) is 6.08. The number of sulfonamides is 1. The second-order valence-electron chi connectivity index (χ2n) is 7.62. The van der Waals surface area contributed by atoms with Crippen molar-refractivity contribution in [3.63, 3.8) is 0 Å². The number of rotatable bonds is 7. The van der Waals surface area contributed by atoms with Gasteiger partial charge in [-0.1, -0.05) is 30.7 Å². The van der Waals surface area contributed by atoms with E-state index in [0.717, 1.165) is 28.6 Å². The number of nitrogens with zero attached hydrogens (tertiary/aromatic N) is 1. The van der Waals surface area contributed by atoms with Crippen LogP contribution in [0.3, 0.4) is 0 Å². The molecule has 0 saturated carbocycles. The number of hydrogen-bond donors (Lipinski definition) is 1. The largest absolute Gasteiger partial charge is 0.289 e. The lowest BCUT2D eigenvalue weighted by Crippen LogP contribution is -2.16. The number of carbonyl (C=O) groups is 1. The highest BCUT2D eigenvalue weighted by molar-refractivity contribution is 7.92. The smallest absolute Gasteiger partial charge is 0.232 e. The summed E-state index contributed by atoms with van der Waals surface area (Å²) in [6.45, 7) is 1.73. The van der Waals surface area contributed by atoms with E-state index in [1.807, 2.05) is 18.2 Å². The molecule has 168 valence electrons. The molecule has 4 rings (SSSR count). The van der Waals surface area contributed by atoms with Gasteiger partial charge in [-0.15, -0.1) is 0 Å². The number of benzene rings is 3. The molecule has 0 spiro atoms. The van der Waals surface area contributed by atoms with Gasteiger partial charge in [-0.05, 0) is 66.6 Å². The summed E-state index contributed by atoms with van der Waals surface area (Å²) in [5.74, 6) is -1.23. The van der Waals surface area contributed by atoms with Crippen LogP contribution in [-0.4, -0.2) is 24.9 Å². The lowest BCUT2D eigenvalue weighted by molar-refractivity contribution is 0.103. The van der Waals surface area contributed by atoms with Crippen LogP contribution in [0.1, 0.15) is 29.3 Å². The normalized spacial score (nSPS) is 11.5. The first-order valence-corrected chi connectivity index (χ1v) is 12.3. The average molecular weight is 483 g/mol. The van der Waals surface area contributed by atoms with Crippen LogP contribution in [0.15, 0.2) is 72.9 Å². The van der Waals surface area contributed by atoms with Gasteiger partial charge < -0.3 is 0 Å². The molecule has 0 unspecified atom stereocenters. The standard InChI is InChI=1S/C25H20ClFN2O3S/c1-2-9-33(31,32)29-23-13-19(12-22(27)14-23)25(30)17-5-8-24-18(10-17)11-20(15-28-24)16-3-6-21(26)7-4-16/h3-8,10-15,29H,2,9H2,1H3. The molecule has 3 aromatic carbocycles. The molecule has 1 aromatic heterocycles. The molecule has 0 fully saturated rings. The molecule has 33 heavy (non-hydrogen) atoms. The van der Waals surface area contributed by atoms with Gasteiger partial charge in [0.25, 0.3) is 0 Å². The predicted molar refractivity (Wildman–Crippen MR) is 130 cm³/mol. The maximum absolute atomic E-state index is 14.2. The Bertz CT molecular complexity index is 1450. The van der Waals surface area contributed by atoms with Crippen molar-refractivity contribution in [2.75, 3.05) is 10.5 Å². The van der Waals surface area contributed by atoms with Crippen LogP contribution in [0, 0.1) is 5.82 Å². The summed E-state index contributed by atoms with van der Waals surface area (Å²) in [4.78, 5) is 17.6. The SMILES string of the molecule is CCCS(=O)(=O)Nc1cc(F)cc(C(=O)c2ccc3ncc(-c4ccc(Cl)cc4)cc3c2)c1. The van der Waals surface area contributed by atoms with Crippen molar-refractivity contribution in [3.05, 3.63) is 94.9 Å². The van der Waals surface area contributed by atoms with E-state index in [9.17, 15) is 17.6 Å². The van der Waals surface area contributed by atoms with Crippen molar-refractivity contribution >= 4 is 44.0 Å². The molecule has 0 amide bonds. The number of nitrogens with one attached hydrogen (secondary N) is 1. The molecule has 1 heterocycles. The molecule has 4 aromatic rings. The zero-order valence-corrected chi connectivity index (χ0v) is 19.3. The van der Waals surface area contributed by atoms with Gasteiger partial charge in [0.15, 0.2) is 5.78 Å². The van der Waals surface area contributed by atoms with Crippen molar-refractivity contribution < 1.29 is 17.6 Å². The van der Waals surface area contributed by atoms with E-state index in [0.29, 0.717) is 22.5 Å². The van der Waals surface area contributed by atoms with Crippen molar-refractivity contribution in [2.45, 2.75) is 13.3 Å². The van der Waals surface area contributed by atoms with E-state index in [4.69, 9.17) is 11.6 Å². The fraction of sp³-hybridized carbons (Fsp3) is 0.120. The van der Waals surface area contributed by atoms with Gasteiger partial charge in [0.05, 0.1) is 17.0 Å². The summed E-state index contributed by atoms with van der Waals surface area (Å²) in [5.41, 5.74) is 2.90. The van der Waals surface area contributed by atoms with Crippen molar-refractivity contribution in [1.29, 1.82) is 0 Å². The molecule has 0 aliphatic rings. The van der Waals surface area contributed by atoms with Crippen LogP contribution in [-0.2, 0) is 10.0 Å². The van der Waals surface area contributed by atoms with Crippen molar-refractivity contribution in [3.8, 4) is 11.1 Å². The Morgan fingerprint density at radius 2 is 1.73 bits per heavy atom. The van der Waals surface area contributed by atoms with Crippen molar-refractivity contribution in [1.82, 2.24) is 4.98 Å². The highest BCUT2D eigenvalue weighted by Gasteiger charge is 2.15. The van der Waals surface area contributed by atoms with E-state index in [1.54, 1.807) is 43.5 Å². The topological polar surface area (TPSA) is 76.1 Å². The number of aromatic nitrogens is 1. The Morgan fingerprint density at radius 1 is 0.970 bits per heavy atom. The Balaban J connectivity index is 1.68. The maximum atomic E-state index is 14.2. The second kappa shape index (κ2) is 9.29. The van der Waals surface area contributed by atoms with Gasteiger partial charge in [-0.25, -0.2) is 12.8 Å². The van der Waals surface area contributed by atoms with Gasteiger partial charge >= 0.3 is 0 Å². The van der Waals surface area contributed by atoms with Gasteiger partial charge in [0.1, 0.15) is 5.82 Å². The van der Waals surface area contributed by atoms with Gasteiger partial charge in [-0.3, -0.25) is 14.5 Å². The zero-order valence-electron chi connectivity index (χ0n) is 17.7. The third kappa shape index (κ3) is 5.38. The Labute approximate surface area is 196 Å². The molecule has 0 aliphatic carbocycles. The first kappa shape index (κ1) is 22.9. The number of halogens is 2. The molecule has 8 heteroatoms. The summed E-state index contributed by atoms with van der Waals surface area (Å²) in [6.07, 6.45) is 2.16. The van der Waals surface area contributed by atoms with E-state index in [-0.39, 0.29) is 17.0 Å². The number of anilines is 1. The van der Waals surface area contributed by atoms with Crippen LogP contribution in [0.2, 0.25) is 5.02 Å². The summed E-state index contributed by atoms with van der Waals surface area (Å²) < 4.78 is 40.6. The molecule has 0 aliphatic heterocycles. The van der Waals surface area contributed by atoms with E-state index in [1.165, 1.54) is 6.07 Å². The van der Waals surface area contributed by atoms with E-state index < -0.39 is 21.6 Å². The minimum absolute atomic E-state index is 0.0132. The molecular formula is C25H20ClFN2O3S. The third-order valence-corrected chi connectivity index (χ3v) is 6.77. The first-order chi connectivity index (χ1) is 15.7. The summed E-state index contributed by atoms with van der Waals surface area (Å²) >= 11 is 5.96. The average Bonchev–Trinajstić information content (AvgIpc) is 2.77. The molecular weight excluding hydrogens is 463 g/mol. The van der Waals surface area contributed by atoms with Gasteiger partial charge in [-0.2, -0.15) is 0 Å². The molecule has 0 saturated heterocycles. The zero-order chi connectivity index (χ0) is 23.6. The number of pyridine rings is 1. The summed E-state index contributed by atoms with van der Waals surface area (Å²) in [7, 11) is -3.62. The number of fused-ring (bicyclic) bond motifs is 1. The van der Waals surface area contributed by atoms with E-state index in [2.05, 4.69) is 9.71 Å². The number of hydrogen-bond acceptors (Lipinski definition) is 4. The van der Waals surface area contributed by atoms with Crippen LogP contribution >= 0.6 is 11.6 Å². The highest BCUT2D eigenvalue weighted by atomic mass is 35.5. The first-order valence-electron chi connectivity index (χ1n) is 10.3. The molecule has 0 bridgehead atoms. The molecule has 0 atom stereocenters. The highest BCUT2D eigenvalue weighted by Crippen LogP contribution is 2.26. The Hall–Kier alpha value is -3.29. The van der Waals surface area contributed by atoms with Crippen molar-refractivity contribution in [2.24, 2.45) is 0 Å². The maximum Gasteiger partial charge on any atom is 0.232 e.